The highest BCUT2D eigenvalue weighted by Crippen LogP contribution is 2.01. The molecule has 0 saturated heterocycles. The molecule has 0 aliphatic carbocycles. The van der Waals surface area contributed by atoms with Gasteiger partial charge < -0.3 is 0 Å². The Morgan fingerprint density at radius 1 is 1.42 bits per heavy atom. The Labute approximate surface area is 70.9 Å². The summed E-state index contributed by atoms with van der Waals surface area (Å²) in [4.78, 5) is 7.51. The molecule has 0 amide bonds. The van der Waals surface area contributed by atoms with E-state index in [9.17, 15) is 8.42 Å². The summed E-state index contributed by atoms with van der Waals surface area (Å²) < 4.78 is 24.5. The first-order valence-corrected chi connectivity index (χ1v) is 4.13. The number of anilines is 1. The van der Waals surface area contributed by atoms with Crippen molar-refractivity contribution in [3.8, 4) is 0 Å². The summed E-state index contributed by atoms with van der Waals surface area (Å²) in [5.74, 6) is 0.191. The molecular formula is C5H7N3O3S. The zero-order valence-electron chi connectivity index (χ0n) is 6.25. The third kappa shape index (κ3) is 2.44. The highest BCUT2D eigenvalue weighted by Gasteiger charge is 2.02. The molecule has 0 radical (unpaired) electrons. The van der Waals surface area contributed by atoms with Gasteiger partial charge in [0.05, 0.1) is 0 Å². The average Bonchev–Trinajstić information content (AvgIpc) is 2.05. The maximum atomic E-state index is 10.1. The quantitative estimate of drug-likeness (QED) is 0.504. The lowest BCUT2D eigenvalue weighted by molar-refractivity contribution is 0.313. The van der Waals surface area contributed by atoms with Crippen LogP contribution in [0, 0.1) is 0 Å². The largest absolute Gasteiger partial charge is 0.278 e. The van der Waals surface area contributed by atoms with Gasteiger partial charge in [-0.1, -0.05) is 0 Å². The molecule has 0 aromatic carbocycles. The molecule has 1 rings (SSSR count). The molecule has 0 fully saturated rings. The molecule has 0 spiro atoms. The van der Waals surface area contributed by atoms with Crippen LogP contribution in [0.3, 0.4) is 0 Å². The van der Waals surface area contributed by atoms with Gasteiger partial charge in [0.25, 0.3) is 16.9 Å². The number of hydrogen-bond acceptors (Lipinski definition) is 6. The summed E-state index contributed by atoms with van der Waals surface area (Å²) in [5, 5.41) is 0.964. The average molecular weight is 189 g/mol. The maximum Gasteiger partial charge on any atom is 0.278 e. The highest BCUT2D eigenvalue weighted by molar-refractivity contribution is 7.67. The minimum atomic E-state index is -2.92. The molecule has 0 aliphatic heterocycles. The molecule has 1 heterocycles. The number of rotatable bonds is 3. The summed E-state index contributed by atoms with van der Waals surface area (Å²) in [6.07, 6.45) is 2.97. The Morgan fingerprint density at radius 3 is 2.50 bits per heavy atom. The predicted molar refractivity (Wildman–Crippen MR) is 41.8 cm³/mol. The summed E-state index contributed by atoms with van der Waals surface area (Å²) in [5.41, 5.74) is 0. The van der Waals surface area contributed by atoms with Crippen LogP contribution in [0.1, 0.15) is 0 Å². The van der Waals surface area contributed by atoms with E-state index in [1.807, 2.05) is 0 Å². The van der Waals surface area contributed by atoms with E-state index in [4.69, 9.17) is 0 Å². The van der Waals surface area contributed by atoms with Crippen LogP contribution in [0.2, 0.25) is 0 Å². The lowest BCUT2D eigenvalue weighted by atomic mass is 10.7. The molecule has 0 atom stereocenters. The van der Waals surface area contributed by atoms with Gasteiger partial charge in [-0.2, -0.15) is 0 Å². The van der Waals surface area contributed by atoms with Gasteiger partial charge in [0, 0.05) is 19.4 Å². The lowest BCUT2D eigenvalue weighted by Crippen LogP contribution is -2.18. The van der Waals surface area contributed by atoms with E-state index < -0.39 is 11.0 Å². The molecule has 0 bridgehead atoms. The van der Waals surface area contributed by atoms with Crippen LogP contribution < -0.4 is 5.06 Å². The molecule has 66 valence electrons. The number of nitrogens with zero attached hydrogens (tertiary/aromatic N) is 3. The van der Waals surface area contributed by atoms with Crippen molar-refractivity contribution in [2.45, 2.75) is 0 Å². The van der Waals surface area contributed by atoms with Crippen LogP contribution in [0.5, 0.6) is 0 Å². The Bertz CT molecular complexity index is 305. The Hall–Kier alpha value is -1.21. The first kappa shape index (κ1) is 8.88. The fourth-order valence-electron chi connectivity index (χ4n) is 0.590. The van der Waals surface area contributed by atoms with Crippen LogP contribution in [-0.2, 0) is 15.3 Å². The molecule has 0 saturated carbocycles. The minimum Gasteiger partial charge on any atom is -0.220 e. The second-order valence-corrected chi connectivity index (χ2v) is 2.46. The van der Waals surface area contributed by atoms with E-state index in [2.05, 4.69) is 14.3 Å². The lowest BCUT2D eigenvalue weighted by Gasteiger charge is -2.09. The van der Waals surface area contributed by atoms with Crippen molar-refractivity contribution in [3.63, 3.8) is 0 Å². The van der Waals surface area contributed by atoms with E-state index in [0.29, 0.717) is 0 Å². The third-order valence-corrected chi connectivity index (χ3v) is 1.40. The number of hydroxylamine groups is 1. The van der Waals surface area contributed by atoms with E-state index in [1.54, 1.807) is 6.07 Å². The fraction of sp³-hybridized carbons (Fsp3) is 0.200. The van der Waals surface area contributed by atoms with E-state index in [1.165, 1.54) is 19.4 Å². The van der Waals surface area contributed by atoms with Crippen molar-refractivity contribution < 1.29 is 12.7 Å². The van der Waals surface area contributed by atoms with Gasteiger partial charge in [-0.05, 0) is 6.07 Å². The van der Waals surface area contributed by atoms with Crippen LogP contribution in [-0.4, -0.2) is 25.4 Å². The topological polar surface area (TPSA) is 72.4 Å². The van der Waals surface area contributed by atoms with Crippen LogP contribution in [0.15, 0.2) is 18.5 Å². The molecule has 7 heteroatoms. The van der Waals surface area contributed by atoms with E-state index in [0.717, 1.165) is 5.06 Å². The number of thiol groups is 1. The van der Waals surface area contributed by atoms with Crippen molar-refractivity contribution >= 4 is 16.9 Å². The summed E-state index contributed by atoms with van der Waals surface area (Å²) >= 11 is 0. The molecular weight excluding hydrogens is 182 g/mol. The zero-order valence-corrected chi connectivity index (χ0v) is 7.14. The predicted octanol–water partition coefficient (Wildman–Crippen LogP) is -0.629. The first-order valence-electron chi connectivity index (χ1n) is 3.03. The molecule has 0 N–H and O–H groups in total. The monoisotopic (exact) mass is 189 g/mol. The normalized spacial score (nSPS) is 10.2. The number of hydrogen-bond donors (Lipinski definition) is 1. The van der Waals surface area contributed by atoms with Gasteiger partial charge >= 0.3 is 0 Å². The minimum absolute atomic E-state index is 0.191. The van der Waals surface area contributed by atoms with E-state index in [-0.39, 0.29) is 5.95 Å². The van der Waals surface area contributed by atoms with Gasteiger partial charge in [-0.3, -0.25) is 0 Å². The SMILES string of the molecule is CN(O[SH](=O)=O)c1ncccn1. The maximum absolute atomic E-state index is 10.1. The molecule has 0 unspecified atom stereocenters. The van der Waals surface area contributed by atoms with Crippen molar-refractivity contribution in [1.82, 2.24) is 9.97 Å². The molecule has 12 heavy (non-hydrogen) atoms. The standard InChI is InChI=1S/C5H7N3O3S/c1-8(11-12(9)10)5-6-3-2-4-7-5/h2-4,12H,1H3. The van der Waals surface area contributed by atoms with E-state index >= 15 is 0 Å². The Morgan fingerprint density at radius 2 is 2.00 bits per heavy atom. The first-order chi connectivity index (χ1) is 5.70. The second kappa shape index (κ2) is 3.98. The molecule has 6 nitrogen and oxygen atoms in total. The van der Waals surface area contributed by atoms with Crippen LogP contribution >= 0.6 is 0 Å². The van der Waals surface area contributed by atoms with Gasteiger partial charge in [0.15, 0.2) is 0 Å². The highest BCUT2D eigenvalue weighted by atomic mass is 32.2. The van der Waals surface area contributed by atoms with Crippen LogP contribution in [0.4, 0.5) is 5.95 Å². The molecule has 1 aromatic rings. The fourth-order valence-corrected chi connectivity index (χ4v) is 0.863. The van der Waals surface area contributed by atoms with Gasteiger partial charge in [0.1, 0.15) is 0 Å². The second-order valence-electron chi connectivity index (χ2n) is 1.85. The Balaban J connectivity index is 2.71. The zero-order chi connectivity index (χ0) is 8.97. The van der Waals surface area contributed by atoms with Gasteiger partial charge in [-0.25, -0.2) is 23.4 Å². The van der Waals surface area contributed by atoms with Crippen LogP contribution in [0.25, 0.3) is 0 Å². The Kier molecular flexibility index (Phi) is 2.94. The number of aromatic nitrogens is 2. The third-order valence-electron chi connectivity index (χ3n) is 1.02. The van der Waals surface area contributed by atoms with Gasteiger partial charge in [0.2, 0.25) is 0 Å². The molecule has 1 aromatic heterocycles. The van der Waals surface area contributed by atoms with Crippen molar-refractivity contribution in [2.75, 3.05) is 12.1 Å². The van der Waals surface area contributed by atoms with Crippen molar-refractivity contribution in [2.24, 2.45) is 0 Å². The van der Waals surface area contributed by atoms with Gasteiger partial charge in [-0.15, -0.1) is 4.28 Å². The summed E-state index contributed by atoms with van der Waals surface area (Å²) in [6.45, 7) is 0. The van der Waals surface area contributed by atoms with Crippen molar-refractivity contribution in [3.05, 3.63) is 18.5 Å². The van der Waals surface area contributed by atoms with Crippen molar-refractivity contribution in [1.29, 1.82) is 0 Å². The molecule has 0 aliphatic rings. The smallest absolute Gasteiger partial charge is 0.220 e. The summed E-state index contributed by atoms with van der Waals surface area (Å²) in [7, 11) is -1.51. The summed E-state index contributed by atoms with van der Waals surface area (Å²) in [6, 6.07) is 1.62.